The third kappa shape index (κ3) is 4.47. The van der Waals surface area contributed by atoms with E-state index >= 15 is 0 Å². The number of hydrogen-bond donors (Lipinski definition) is 0. The average Bonchev–Trinajstić information content (AvgIpc) is 2.55. The Balaban J connectivity index is 1.96. The van der Waals surface area contributed by atoms with Crippen LogP contribution >= 0.6 is 0 Å². The molecule has 0 N–H and O–H groups in total. The Morgan fingerprint density at radius 2 is 1.86 bits per heavy atom. The molecule has 0 unspecified atom stereocenters. The second kappa shape index (κ2) is 7.86. The number of nitrogens with zero attached hydrogens (tertiary/aromatic N) is 2. The summed E-state index contributed by atoms with van der Waals surface area (Å²) >= 11 is 0. The minimum atomic E-state index is 0.428. The quantitative estimate of drug-likeness (QED) is 0.738. The van der Waals surface area contributed by atoms with E-state index in [0.717, 1.165) is 29.7 Å². The van der Waals surface area contributed by atoms with Crippen LogP contribution in [0.3, 0.4) is 0 Å². The summed E-state index contributed by atoms with van der Waals surface area (Å²) in [6.45, 7) is 2.75. The highest BCUT2D eigenvalue weighted by Crippen LogP contribution is 2.21. The lowest BCUT2D eigenvalue weighted by Gasteiger charge is -2.05. The molecule has 0 amide bonds. The molecule has 0 aliphatic carbocycles. The first kappa shape index (κ1) is 14.8. The summed E-state index contributed by atoms with van der Waals surface area (Å²) < 4.78 is 5.63. The van der Waals surface area contributed by atoms with Gasteiger partial charge < -0.3 is 4.74 Å². The molecule has 0 saturated carbocycles. The maximum atomic E-state index is 8.74. The number of rotatable bonds is 6. The van der Waals surface area contributed by atoms with E-state index in [1.807, 2.05) is 42.5 Å². The number of aromatic nitrogens is 1. The van der Waals surface area contributed by atoms with Crippen molar-refractivity contribution < 1.29 is 4.74 Å². The number of ether oxygens (including phenoxy) is 1. The Labute approximate surface area is 125 Å². The van der Waals surface area contributed by atoms with Crippen molar-refractivity contribution in [1.29, 1.82) is 5.26 Å². The molecule has 0 spiro atoms. The lowest BCUT2D eigenvalue weighted by Crippen LogP contribution is -1.93. The predicted octanol–water partition coefficient (Wildman–Crippen LogP) is 4.36. The molecule has 0 aliphatic rings. The van der Waals surface area contributed by atoms with E-state index < -0.39 is 0 Å². The highest BCUT2D eigenvalue weighted by molar-refractivity contribution is 5.63. The molecule has 3 heteroatoms. The van der Waals surface area contributed by atoms with E-state index in [-0.39, 0.29) is 0 Å². The standard InChI is InChI=1S/C18H18N2O/c1-2-3-4-5-12-21-18-10-7-15(8-11-18)16-6-9-17(13-19)20-14-16/h4-11,14H,2-3,12H2,1H3/b5-4+. The third-order valence-corrected chi connectivity index (χ3v) is 3.03. The van der Waals surface area contributed by atoms with Gasteiger partial charge in [-0.15, -0.1) is 0 Å². The van der Waals surface area contributed by atoms with Gasteiger partial charge in [-0.1, -0.05) is 37.6 Å². The van der Waals surface area contributed by atoms with Gasteiger partial charge in [-0.05, 0) is 36.2 Å². The van der Waals surface area contributed by atoms with Gasteiger partial charge in [0.15, 0.2) is 0 Å². The normalized spacial score (nSPS) is 10.5. The molecule has 0 aliphatic heterocycles. The molecule has 21 heavy (non-hydrogen) atoms. The Bertz CT molecular complexity index is 622. The molecule has 1 aromatic carbocycles. The summed E-state index contributed by atoms with van der Waals surface area (Å²) in [4.78, 5) is 4.07. The fraction of sp³-hybridized carbons (Fsp3) is 0.222. The summed E-state index contributed by atoms with van der Waals surface area (Å²) in [5, 5.41) is 8.74. The zero-order chi connectivity index (χ0) is 14.9. The van der Waals surface area contributed by atoms with Crippen LogP contribution in [0.2, 0.25) is 0 Å². The topological polar surface area (TPSA) is 45.9 Å². The van der Waals surface area contributed by atoms with E-state index in [4.69, 9.17) is 10.00 Å². The van der Waals surface area contributed by atoms with Gasteiger partial charge in [-0.25, -0.2) is 4.98 Å². The van der Waals surface area contributed by atoms with Gasteiger partial charge >= 0.3 is 0 Å². The van der Waals surface area contributed by atoms with E-state index in [2.05, 4.69) is 18.0 Å². The average molecular weight is 278 g/mol. The number of allylic oxidation sites excluding steroid dienone is 1. The maximum Gasteiger partial charge on any atom is 0.140 e. The van der Waals surface area contributed by atoms with Gasteiger partial charge in [-0.3, -0.25) is 0 Å². The molecule has 1 aromatic heterocycles. The lowest BCUT2D eigenvalue weighted by atomic mass is 10.1. The van der Waals surface area contributed by atoms with Crippen LogP contribution < -0.4 is 4.74 Å². The van der Waals surface area contributed by atoms with Crippen molar-refractivity contribution in [2.24, 2.45) is 0 Å². The molecule has 2 rings (SSSR count). The van der Waals surface area contributed by atoms with Crippen LogP contribution in [-0.2, 0) is 0 Å². The van der Waals surface area contributed by atoms with Crippen LogP contribution in [0.5, 0.6) is 5.75 Å². The molecule has 106 valence electrons. The molecular weight excluding hydrogens is 260 g/mol. The second-order valence-corrected chi connectivity index (χ2v) is 4.64. The maximum absolute atomic E-state index is 8.74. The van der Waals surface area contributed by atoms with Crippen molar-refractivity contribution in [2.45, 2.75) is 19.8 Å². The largest absolute Gasteiger partial charge is 0.490 e. The van der Waals surface area contributed by atoms with Gasteiger partial charge in [0.05, 0.1) is 0 Å². The van der Waals surface area contributed by atoms with Crippen molar-refractivity contribution in [3.8, 4) is 22.9 Å². The Kier molecular flexibility index (Phi) is 5.54. The van der Waals surface area contributed by atoms with E-state index in [0.29, 0.717) is 12.3 Å². The Morgan fingerprint density at radius 3 is 2.48 bits per heavy atom. The molecule has 2 aromatic rings. The Morgan fingerprint density at radius 1 is 1.10 bits per heavy atom. The zero-order valence-corrected chi connectivity index (χ0v) is 12.1. The molecule has 3 nitrogen and oxygen atoms in total. The SMILES string of the molecule is CCC/C=C/COc1ccc(-c2ccc(C#N)nc2)cc1. The highest BCUT2D eigenvalue weighted by atomic mass is 16.5. The van der Waals surface area contributed by atoms with Crippen LogP contribution in [0.4, 0.5) is 0 Å². The number of nitriles is 1. The molecule has 0 radical (unpaired) electrons. The minimum absolute atomic E-state index is 0.428. The number of pyridine rings is 1. The predicted molar refractivity (Wildman–Crippen MR) is 83.9 cm³/mol. The van der Waals surface area contributed by atoms with Crippen molar-refractivity contribution in [2.75, 3.05) is 6.61 Å². The highest BCUT2D eigenvalue weighted by Gasteiger charge is 1.99. The van der Waals surface area contributed by atoms with Crippen LogP contribution in [0.25, 0.3) is 11.1 Å². The lowest BCUT2D eigenvalue weighted by molar-refractivity contribution is 0.362. The smallest absolute Gasteiger partial charge is 0.140 e. The molecular formula is C18H18N2O. The zero-order valence-electron chi connectivity index (χ0n) is 12.1. The number of unbranched alkanes of at least 4 members (excludes halogenated alkanes) is 1. The van der Waals surface area contributed by atoms with Crippen LogP contribution in [-0.4, -0.2) is 11.6 Å². The van der Waals surface area contributed by atoms with Gasteiger partial charge in [0, 0.05) is 11.8 Å². The monoisotopic (exact) mass is 278 g/mol. The summed E-state index contributed by atoms with van der Waals surface area (Å²) in [5.74, 6) is 0.849. The summed E-state index contributed by atoms with van der Waals surface area (Å²) in [5.41, 5.74) is 2.47. The minimum Gasteiger partial charge on any atom is -0.490 e. The van der Waals surface area contributed by atoms with E-state index in [1.165, 1.54) is 0 Å². The van der Waals surface area contributed by atoms with Crippen LogP contribution in [0, 0.1) is 11.3 Å². The van der Waals surface area contributed by atoms with Gasteiger partial charge in [0.2, 0.25) is 0 Å². The van der Waals surface area contributed by atoms with Crippen molar-refractivity contribution >= 4 is 0 Å². The number of benzene rings is 1. The first-order valence-corrected chi connectivity index (χ1v) is 7.08. The van der Waals surface area contributed by atoms with Crippen LogP contribution in [0.15, 0.2) is 54.7 Å². The van der Waals surface area contributed by atoms with Gasteiger partial charge in [-0.2, -0.15) is 5.26 Å². The second-order valence-electron chi connectivity index (χ2n) is 4.64. The molecule has 0 bridgehead atoms. The fourth-order valence-electron chi connectivity index (χ4n) is 1.87. The third-order valence-electron chi connectivity index (χ3n) is 3.03. The summed E-state index contributed by atoms with van der Waals surface area (Å²) in [6.07, 6.45) is 8.14. The van der Waals surface area contributed by atoms with Crippen molar-refractivity contribution in [3.05, 3.63) is 60.4 Å². The number of hydrogen-bond acceptors (Lipinski definition) is 3. The first-order chi connectivity index (χ1) is 10.3. The summed E-state index contributed by atoms with van der Waals surface area (Å²) in [7, 11) is 0. The molecule has 0 fully saturated rings. The van der Waals surface area contributed by atoms with Crippen molar-refractivity contribution in [1.82, 2.24) is 4.98 Å². The Hall–Kier alpha value is -2.60. The van der Waals surface area contributed by atoms with Gasteiger partial charge in [0.25, 0.3) is 0 Å². The molecule has 1 heterocycles. The van der Waals surface area contributed by atoms with E-state index in [1.54, 1.807) is 12.3 Å². The van der Waals surface area contributed by atoms with Crippen molar-refractivity contribution in [3.63, 3.8) is 0 Å². The van der Waals surface area contributed by atoms with Gasteiger partial charge in [0.1, 0.15) is 24.1 Å². The van der Waals surface area contributed by atoms with Crippen LogP contribution in [0.1, 0.15) is 25.5 Å². The summed E-state index contributed by atoms with van der Waals surface area (Å²) in [6, 6.07) is 13.5. The first-order valence-electron chi connectivity index (χ1n) is 7.08. The fourth-order valence-corrected chi connectivity index (χ4v) is 1.87. The molecule has 0 atom stereocenters. The van der Waals surface area contributed by atoms with E-state index in [9.17, 15) is 0 Å². The molecule has 0 saturated heterocycles.